The van der Waals surface area contributed by atoms with Crippen LogP contribution in [0.15, 0.2) is 6.20 Å². The summed E-state index contributed by atoms with van der Waals surface area (Å²) in [7, 11) is 1.78. The number of carbonyl (C=O) groups is 1. The molecule has 0 bridgehead atoms. The van der Waals surface area contributed by atoms with E-state index in [2.05, 4.69) is 10.4 Å². The van der Waals surface area contributed by atoms with Gasteiger partial charge in [-0.25, -0.2) is 4.68 Å². The second-order valence-electron chi connectivity index (χ2n) is 2.85. The zero-order valence-electron chi connectivity index (χ0n) is 7.53. The van der Waals surface area contributed by atoms with Crippen molar-refractivity contribution in [1.29, 1.82) is 0 Å². The van der Waals surface area contributed by atoms with Crippen LogP contribution in [0.5, 0.6) is 0 Å². The molecule has 0 saturated heterocycles. The van der Waals surface area contributed by atoms with Gasteiger partial charge in [0.25, 0.3) is 0 Å². The molecule has 0 unspecified atom stereocenters. The molecule has 1 aromatic heterocycles. The van der Waals surface area contributed by atoms with Crippen molar-refractivity contribution in [1.82, 2.24) is 9.78 Å². The van der Waals surface area contributed by atoms with Gasteiger partial charge in [0.2, 0.25) is 0 Å². The Bertz CT molecular complexity index is 283. The molecule has 0 amide bonds. The molecule has 0 aliphatic carbocycles. The number of aldehydes is 1. The van der Waals surface area contributed by atoms with Gasteiger partial charge in [0, 0.05) is 14.5 Å². The van der Waals surface area contributed by atoms with Gasteiger partial charge in [-0.05, 0) is 13.8 Å². The summed E-state index contributed by atoms with van der Waals surface area (Å²) in [5, 5.41) is 7.03. The van der Waals surface area contributed by atoms with E-state index in [-0.39, 0.29) is 7.47 Å². The lowest BCUT2D eigenvalue weighted by Gasteiger charge is -2.10. The van der Waals surface area contributed by atoms with Gasteiger partial charge in [0.15, 0.2) is 6.29 Å². The molecule has 1 aromatic rings. The first-order chi connectivity index (χ1) is 5.70. The Labute approximate surface area is 73.1 Å². The fourth-order valence-corrected chi connectivity index (χ4v) is 1.11. The van der Waals surface area contributed by atoms with Crippen molar-refractivity contribution in [3.8, 4) is 0 Å². The Morgan fingerprint density at radius 3 is 2.83 bits per heavy atom. The maximum Gasteiger partial charge on any atom is 0.155 e. The highest BCUT2D eigenvalue weighted by molar-refractivity contribution is 5.82. The maximum atomic E-state index is 10.5. The first-order valence-corrected chi connectivity index (χ1v) is 3.91. The van der Waals surface area contributed by atoms with Crippen molar-refractivity contribution in [3.63, 3.8) is 0 Å². The molecule has 12 heavy (non-hydrogen) atoms. The lowest BCUT2D eigenvalue weighted by atomic mass is 10.3. The molecule has 0 radical (unpaired) electrons. The molecule has 0 aliphatic heterocycles. The summed E-state index contributed by atoms with van der Waals surface area (Å²) < 4.78 is 1.78. The van der Waals surface area contributed by atoms with Gasteiger partial charge in [-0.15, -0.1) is 0 Å². The van der Waals surface area contributed by atoms with Gasteiger partial charge in [0.1, 0.15) is 5.82 Å². The summed E-state index contributed by atoms with van der Waals surface area (Å²) in [6.07, 6.45) is 2.37. The Kier molecular flexibility index (Phi) is 2.47. The standard InChI is InChI=1S/C8H13N3O.H2/c1-6(2)11-8(9-3)7(5-12)4-10-11;/h4-6,9H,1-3H3;1H. The molecule has 1 rings (SSSR count). The van der Waals surface area contributed by atoms with Gasteiger partial charge >= 0.3 is 0 Å². The van der Waals surface area contributed by atoms with Gasteiger partial charge in [0.05, 0.1) is 11.8 Å². The second kappa shape index (κ2) is 3.38. The van der Waals surface area contributed by atoms with Crippen molar-refractivity contribution < 1.29 is 6.22 Å². The van der Waals surface area contributed by atoms with E-state index in [1.807, 2.05) is 13.8 Å². The fourth-order valence-electron chi connectivity index (χ4n) is 1.11. The summed E-state index contributed by atoms with van der Waals surface area (Å²) in [5.41, 5.74) is 0.603. The molecular weight excluding hydrogens is 154 g/mol. The Morgan fingerprint density at radius 2 is 2.42 bits per heavy atom. The number of hydrogen-bond donors (Lipinski definition) is 1. The molecule has 0 fully saturated rings. The number of nitrogens with zero attached hydrogens (tertiary/aromatic N) is 2. The highest BCUT2D eigenvalue weighted by Gasteiger charge is 2.09. The van der Waals surface area contributed by atoms with E-state index in [0.717, 1.165) is 12.1 Å². The summed E-state index contributed by atoms with van der Waals surface area (Å²) in [6.45, 7) is 4.03. The smallest absolute Gasteiger partial charge is 0.155 e. The zero-order chi connectivity index (χ0) is 9.14. The van der Waals surface area contributed by atoms with E-state index in [1.54, 1.807) is 17.9 Å². The highest BCUT2D eigenvalue weighted by atomic mass is 16.1. The van der Waals surface area contributed by atoms with Crippen LogP contribution in [0.1, 0.15) is 31.7 Å². The van der Waals surface area contributed by atoms with Crippen LogP contribution in [0.2, 0.25) is 0 Å². The van der Waals surface area contributed by atoms with Crippen LogP contribution in [0, 0.1) is 0 Å². The van der Waals surface area contributed by atoms with Crippen LogP contribution in [0.3, 0.4) is 0 Å². The average molecular weight is 169 g/mol. The molecule has 0 saturated carbocycles. The lowest BCUT2D eigenvalue weighted by Crippen LogP contribution is -2.07. The molecule has 0 atom stereocenters. The van der Waals surface area contributed by atoms with Crippen LogP contribution < -0.4 is 5.32 Å². The molecule has 1 heterocycles. The molecule has 4 nitrogen and oxygen atoms in total. The average Bonchev–Trinajstić information content (AvgIpc) is 2.46. The van der Waals surface area contributed by atoms with Gasteiger partial charge < -0.3 is 5.32 Å². The van der Waals surface area contributed by atoms with Crippen LogP contribution in [0.4, 0.5) is 5.82 Å². The summed E-state index contributed by atoms with van der Waals surface area (Å²) in [6, 6.07) is 0.265. The van der Waals surface area contributed by atoms with Crippen molar-refractivity contribution in [2.75, 3.05) is 12.4 Å². The van der Waals surface area contributed by atoms with E-state index in [1.165, 1.54) is 0 Å². The molecular formula is C8H15N3O. The predicted octanol–water partition coefficient (Wildman–Crippen LogP) is 1.56. The van der Waals surface area contributed by atoms with Crippen molar-refractivity contribution in [2.45, 2.75) is 19.9 Å². The molecule has 4 heteroatoms. The predicted molar refractivity (Wildman–Crippen MR) is 49.7 cm³/mol. The Hall–Kier alpha value is -1.32. The van der Waals surface area contributed by atoms with E-state index >= 15 is 0 Å². The third kappa shape index (κ3) is 1.32. The van der Waals surface area contributed by atoms with Gasteiger partial charge in [-0.3, -0.25) is 4.79 Å². The van der Waals surface area contributed by atoms with Crippen LogP contribution in [-0.2, 0) is 0 Å². The Morgan fingerprint density at radius 1 is 1.75 bits per heavy atom. The first-order valence-electron chi connectivity index (χ1n) is 3.91. The molecule has 0 aromatic carbocycles. The van der Waals surface area contributed by atoms with E-state index < -0.39 is 0 Å². The SMILES string of the molecule is CNc1c(C=O)cnn1C(C)C.[HH]. The monoisotopic (exact) mass is 169 g/mol. The third-order valence-electron chi connectivity index (χ3n) is 1.68. The molecule has 1 N–H and O–H groups in total. The van der Waals surface area contributed by atoms with Gasteiger partial charge in [-0.1, -0.05) is 0 Å². The summed E-state index contributed by atoms with van der Waals surface area (Å²) >= 11 is 0. The number of hydrogen-bond acceptors (Lipinski definition) is 3. The van der Waals surface area contributed by atoms with Gasteiger partial charge in [-0.2, -0.15) is 5.10 Å². The fraction of sp³-hybridized carbons (Fsp3) is 0.500. The normalized spacial score (nSPS) is 10.3. The highest BCUT2D eigenvalue weighted by Crippen LogP contribution is 2.16. The van der Waals surface area contributed by atoms with E-state index in [0.29, 0.717) is 5.56 Å². The van der Waals surface area contributed by atoms with Crippen molar-refractivity contribution in [2.24, 2.45) is 0 Å². The summed E-state index contributed by atoms with van der Waals surface area (Å²) in [5.74, 6) is 0.778. The quantitative estimate of drug-likeness (QED) is 0.698. The van der Waals surface area contributed by atoms with Crippen LogP contribution >= 0.6 is 0 Å². The second-order valence-corrected chi connectivity index (χ2v) is 2.85. The van der Waals surface area contributed by atoms with Crippen LogP contribution in [0.25, 0.3) is 0 Å². The van der Waals surface area contributed by atoms with Crippen molar-refractivity contribution in [3.05, 3.63) is 11.8 Å². The largest absolute Gasteiger partial charge is 0.373 e. The minimum atomic E-state index is 0. The zero-order valence-corrected chi connectivity index (χ0v) is 7.53. The van der Waals surface area contributed by atoms with Crippen LogP contribution in [-0.4, -0.2) is 23.1 Å². The molecule has 0 spiro atoms. The lowest BCUT2D eigenvalue weighted by molar-refractivity contribution is 0.112. The molecule has 0 aliphatic rings. The minimum Gasteiger partial charge on any atom is -0.373 e. The molecule has 68 valence electrons. The third-order valence-corrected chi connectivity index (χ3v) is 1.68. The first kappa shape index (κ1) is 8.77. The summed E-state index contributed by atoms with van der Waals surface area (Å²) in [4.78, 5) is 10.5. The number of carbonyl (C=O) groups excluding carboxylic acids is 1. The van der Waals surface area contributed by atoms with Crippen molar-refractivity contribution >= 4 is 12.1 Å². The number of nitrogens with one attached hydrogen (secondary N) is 1. The number of rotatable bonds is 3. The number of anilines is 1. The van der Waals surface area contributed by atoms with E-state index in [9.17, 15) is 4.79 Å². The maximum absolute atomic E-state index is 10.5. The van der Waals surface area contributed by atoms with E-state index in [4.69, 9.17) is 0 Å². The minimum absolute atomic E-state index is 0. The Balaban J connectivity index is 0.00000144. The number of aromatic nitrogens is 2. The topological polar surface area (TPSA) is 46.9 Å².